The van der Waals surface area contributed by atoms with Crippen LogP contribution in [0.5, 0.6) is 11.5 Å². The summed E-state index contributed by atoms with van der Waals surface area (Å²) in [5.74, 6) is 2.30. The number of hydrogen-bond donors (Lipinski definition) is 1. The molecule has 0 spiro atoms. The van der Waals surface area contributed by atoms with Crippen LogP contribution in [0.3, 0.4) is 0 Å². The summed E-state index contributed by atoms with van der Waals surface area (Å²) in [4.78, 5) is 14.6. The molecule has 1 amide bonds. The molecule has 0 bridgehead atoms. The highest BCUT2D eigenvalue weighted by molar-refractivity contribution is 5.92. The van der Waals surface area contributed by atoms with Gasteiger partial charge in [-0.1, -0.05) is 56.3 Å². The van der Waals surface area contributed by atoms with E-state index in [-0.39, 0.29) is 17.9 Å². The predicted molar refractivity (Wildman–Crippen MR) is 146 cm³/mol. The molecule has 1 aliphatic heterocycles. The van der Waals surface area contributed by atoms with E-state index < -0.39 is 0 Å². The van der Waals surface area contributed by atoms with Gasteiger partial charge in [-0.15, -0.1) is 0 Å². The molecule has 0 saturated carbocycles. The van der Waals surface area contributed by atoms with Crippen molar-refractivity contribution in [1.82, 2.24) is 4.90 Å². The van der Waals surface area contributed by atoms with Crippen LogP contribution in [0.1, 0.15) is 56.3 Å². The van der Waals surface area contributed by atoms with E-state index in [1.54, 1.807) is 7.11 Å². The molecule has 3 aromatic rings. The number of methoxy groups -OCH3 is 1. The van der Waals surface area contributed by atoms with E-state index >= 15 is 0 Å². The number of amides is 1. The number of carbonyl (C=O) groups excluding carboxylic acids is 1. The second kappa shape index (κ2) is 12.6. The first-order valence-electron chi connectivity index (χ1n) is 13.0. The Bertz CT molecular complexity index is 1090. The van der Waals surface area contributed by atoms with Crippen LogP contribution >= 0.6 is 0 Å². The number of anilines is 1. The Balaban J connectivity index is 1.34. The van der Waals surface area contributed by atoms with Gasteiger partial charge in [-0.3, -0.25) is 4.79 Å². The molecule has 190 valence electrons. The van der Waals surface area contributed by atoms with Crippen LogP contribution in [-0.4, -0.2) is 37.6 Å². The van der Waals surface area contributed by atoms with Crippen LogP contribution in [0.15, 0.2) is 78.9 Å². The quantitative estimate of drug-likeness (QED) is 0.347. The molecule has 1 aliphatic rings. The molecule has 1 fully saturated rings. The molecule has 1 N–H and O–H groups in total. The summed E-state index contributed by atoms with van der Waals surface area (Å²) >= 11 is 0. The van der Waals surface area contributed by atoms with Crippen LogP contribution in [0.2, 0.25) is 0 Å². The van der Waals surface area contributed by atoms with Crippen LogP contribution in [0, 0.1) is 5.92 Å². The van der Waals surface area contributed by atoms with Crippen molar-refractivity contribution in [3.63, 3.8) is 0 Å². The summed E-state index contributed by atoms with van der Waals surface area (Å²) in [6, 6.07) is 26.6. The number of hydrogen-bond acceptors (Lipinski definition) is 4. The number of ether oxygens (including phenoxy) is 2. The lowest BCUT2D eigenvalue weighted by molar-refractivity contribution is -0.118. The van der Waals surface area contributed by atoms with Crippen LogP contribution in [0.25, 0.3) is 0 Å². The lowest BCUT2D eigenvalue weighted by atomic mass is 9.89. The van der Waals surface area contributed by atoms with Crippen molar-refractivity contribution >= 4 is 11.6 Å². The van der Waals surface area contributed by atoms with Gasteiger partial charge >= 0.3 is 0 Å². The Morgan fingerprint density at radius 2 is 1.67 bits per heavy atom. The molecule has 1 saturated heterocycles. The standard InChI is InChI=1S/C31H38N2O3/c1-23(2)31(34)32-27-9-7-8-26(22-27)24-16-19-33(20-17-24)21-18-30(36-29-10-5-4-6-11-29)25-12-14-28(35-3)15-13-25/h4-15,22-24,30H,16-21H2,1-3H3,(H,32,34). The number of nitrogens with one attached hydrogen (secondary N) is 1. The highest BCUT2D eigenvalue weighted by atomic mass is 16.5. The fraction of sp³-hybridized carbons (Fsp3) is 0.387. The van der Waals surface area contributed by atoms with Gasteiger partial charge in [-0.25, -0.2) is 0 Å². The number of rotatable bonds is 10. The molecule has 36 heavy (non-hydrogen) atoms. The molecule has 0 aliphatic carbocycles. The minimum atomic E-state index is -0.0236. The maximum Gasteiger partial charge on any atom is 0.226 e. The maximum absolute atomic E-state index is 12.1. The number of benzene rings is 3. The number of likely N-dealkylation sites (tertiary alicyclic amines) is 1. The summed E-state index contributed by atoms with van der Waals surface area (Å²) in [6.45, 7) is 6.95. The van der Waals surface area contributed by atoms with Gasteiger partial charge in [0.15, 0.2) is 0 Å². The summed E-state index contributed by atoms with van der Waals surface area (Å²) in [6.07, 6.45) is 3.14. The SMILES string of the molecule is COc1ccc(C(CCN2CCC(c3cccc(NC(=O)C(C)C)c3)CC2)Oc2ccccc2)cc1. The zero-order valence-electron chi connectivity index (χ0n) is 21.7. The average molecular weight is 487 g/mol. The summed E-state index contributed by atoms with van der Waals surface area (Å²) in [5.41, 5.74) is 3.38. The number of carbonyl (C=O) groups is 1. The molecule has 5 nitrogen and oxygen atoms in total. The van der Waals surface area contributed by atoms with E-state index in [0.29, 0.717) is 5.92 Å². The second-order valence-electron chi connectivity index (χ2n) is 9.87. The highest BCUT2D eigenvalue weighted by Gasteiger charge is 2.23. The smallest absolute Gasteiger partial charge is 0.226 e. The van der Waals surface area contributed by atoms with Gasteiger partial charge in [0.25, 0.3) is 0 Å². The van der Waals surface area contributed by atoms with Gasteiger partial charge in [0, 0.05) is 24.6 Å². The van der Waals surface area contributed by atoms with Gasteiger partial charge in [0.2, 0.25) is 5.91 Å². The van der Waals surface area contributed by atoms with Crippen LogP contribution in [-0.2, 0) is 4.79 Å². The van der Waals surface area contributed by atoms with Crippen molar-refractivity contribution in [3.8, 4) is 11.5 Å². The first kappa shape index (κ1) is 25.8. The molecule has 1 heterocycles. The van der Waals surface area contributed by atoms with Gasteiger partial charge < -0.3 is 19.7 Å². The third kappa shape index (κ3) is 7.11. The molecule has 0 radical (unpaired) electrons. The normalized spacial score (nSPS) is 15.4. The third-order valence-corrected chi connectivity index (χ3v) is 6.95. The molecule has 5 heteroatoms. The van der Waals surface area contributed by atoms with Crippen molar-refractivity contribution in [2.45, 2.75) is 45.1 Å². The Labute approximate surface area is 215 Å². The molecule has 4 rings (SSSR count). The van der Waals surface area contributed by atoms with E-state index in [1.807, 2.05) is 62.4 Å². The molecular weight excluding hydrogens is 448 g/mol. The summed E-state index contributed by atoms with van der Waals surface area (Å²) in [5, 5.41) is 3.03. The van der Waals surface area contributed by atoms with Gasteiger partial charge in [-0.05, 0) is 79.4 Å². The third-order valence-electron chi connectivity index (χ3n) is 6.95. The number of piperidine rings is 1. The molecule has 0 aromatic heterocycles. The van der Waals surface area contributed by atoms with Gasteiger partial charge in [-0.2, -0.15) is 0 Å². The van der Waals surface area contributed by atoms with Crippen molar-refractivity contribution in [2.24, 2.45) is 5.92 Å². The van der Waals surface area contributed by atoms with Crippen LogP contribution < -0.4 is 14.8 Å². The minimum absolute atomic E-state index is 0.0164. The first-order chi connectivity index (χ1) is 17.5. The Morgan fingerprint density at radius 1 is 0.944 bits per heavy atom. The van der Waals surface area contributed by atoms with Gasteiger partial charge in [0.05, 0.1) is 7.11 Å². The van der Waals surface area contributed by atoms with Crippen LogP contribution in [0.4, 0.5) is 5.69 Å². The summed E-state index contributed by atoms with van der Waals surface area (Å²) < 4.78 is 11.8. The van der Waals surface area contributed by atoms with Crippen molar-refractivity contribution in [1.29, 1.82) is 0 Å². The molecule has 3 aromatic carbocycles. The summed E-state index contributed by atoms with van der Waals surface area (Å²) in [7, 11) is 1.69. The lowest BCUT2D eigenvalue weighted by Crippen LogP contribution is -2.34. The predicted octanol–water partition coefficient (Wildman–Crippen LogP) is 6.68. The zero-order valence-corrected chi connectivity index (χ0v) is 21.7. The van der Waals surface area contributed by atoms with Crippen molar-refractivity contribution in [2.75, 3.05) is 32.1 Å². The fourth-order valence-corrected chi connectivity index (χ4v) is 4.72. The first-order valence-corrected chi connectivity index (χ1v) is 13.0. The van der Waals surface area contributed by atoms with E-state index in [9.17, 15) is 4.79 Å². The minimum Gasteiger partial charge on any atom is -0.497 e. The molecular formula is C31H38N2O3. The highest BCUT2D eigenvalue weighted by Crippen LogP contribution is 2.31. The zero-order chi connectivity index (χ0) is 25.3. The van der Waals surface area contributed by atoms with E-state index in [4.69, 9.17) is 9.47 Å². The number of nitrogens with zero attached hydrogens (tertiary/aromatic N) is 1. The molecule has 1 unspecified atom stereocenters. The number of para-hydroxylation sites is 1. The van der Waals surface area contributed by atoms with E-state index in [0.717, 1.165) is 61.6 Å². The fourth-order valence-electron chi connectivity index (χ4n) is 4.72. The Morgan fingerprint density at radius 3 is 2.33 bits per heavy atom. The maximum atomic E-state index is 12.1. The largest absolute Gasteiger partial charge is 0.497 e. The van der Waals surface area contributed by atoms with Crippen molar-refractivity contribution < 1.29 is 14.3 Å². The molecule has 1 atom stereocenters. The monoisotopic (exact) mass is 486 g/mol. The van der Waals surface area contributed by atoms with E-state index in [2.05, 4.69) is 40.5 Å². The van der Waals surface area contributed by atoms with Crippen molar-refractivity contribution in [3.05, 3.63) is 90.0 Å². The average Bonchev–Trinajstić information content (AvgIpc) is 2.92. The topological polar surface area (TPSA) is 50.8 Å². The second-order valence-corrected chi connectivity index (χ2v) is 9.87. The van der Waals surface area contributed by atoms with E-state index in [1.165, 1.54) is 5.56 Å². The van der Waals surface area contributed by atoms with Gasteiger partial charge in [0.1, 0.15) is 17.6 Å². The Kier molecular flexibility index (Phi) is 9.01. The lowest BCUT2D eigenvalue weighted by Gasteiger charge is -2.33. The Hall–Kier alpha value is -3.31.